The van der Waals surface area contributed by atoms with E-state index in [2.05, 4.69) is 18.3 Å². The zero-order chi connectivity index (χ0) is 16.2. The summed E-state index contributed by atoms with van der Waals surface area (Å²) in [5.41, 5.74) is 1.76. The maximum atomic E-state index is 14.3. The lowest BCUT2D eigenvalue weighted by molar-refractivity contribution is 0.170. The molecule has 3 rings (SSSR count). The van der Waals surface area contributed by atoms with Crippen LogP contribution in [0, 0.1) is 5.82 Å². The minimum atomic E-state index is -0.358. The summed E-state index contributed by atoms with van der Waals surface area (Å²) in [6.45, 7) is 3.09. The van der Waals surface area contributed by atoms with Gasteiger partial charge in [0.2, 0.25) is 0 Å². The van der Waals surface area contributed by atoms with Crippen LogP contribution in [0.2, 0.25) is 0 Å². The minimum Gasteiger partial charge on any atom is -0.490 e. The predicted molar refractivity (Wildman–Crippen MR) is 87.2 cm³/mol. The molecule has 1 N–H and O–H groups in total. The van der Waals surface area contributed by atoms with Gasteiger partial charge in [-0.3, -0.25) is 0 Å². The summed E-state index contributed by atoms with van der Waals surface area (Å²) in [6, 6.07) is 3.69. The second kappa shape index (κ2) is 7.21. The Bertz CT molecular complexity index is 584. The third-order valence-corrected chi connectivity index (χ3v) is 4.04. The summed E-state index contributed by atoms with van der Waals surface area (Å²) in [7, 11) is 1.64. The van der Waals surface area contributed by atoms with E-state index in [9.17, 15) is 4.39 Å². The number of hydrogen-bond donors (Lipinski definition) is 1. The second-order valence-corrected chi connectivity index (χ2v) is 6.04. The molecule has 2 aliphatic rings. The molecule has 0 radical (unpaired) electrons. The molecule has 126 valence electrons. The van der Waals surface area contributed by atoms with Gasteiger partial charge in [0.1, 0.15) is 11.9 Å². The van der Waals surface area contributed by atoms with Gasteiger partial charge in [-0.1, -0.05) is 6.92 Å². The first-order chi connectivity index (χ1) is 11.2. The minimum absolute atomic E-state index is 0.00977. The number of halogens is 1. The molecule has 0 aromatic heterocycles. The van der Waals surface area contributed by atoms with E-state index in [1.807, 2.05) is 0 Å². The van der Waals surface area contributed by atoms with Gasteiger partial charge >= 0.3 is 0 Å². The number of methoxy groups -OCH3 is 1. The molecule has 0 saturated heterocycles. The van der Waals surface area contributed by atoms with Crippen molar-refractivity contribution in [3.63, 3.8) is 0 Å². The fraction of sp³-hybridized carbons (Fsp3) is 0.556. The number of fused-ring (bicyclic) bond motifs is 1. The van der Waals surface area contributed by atoms with Crippen molar-refractivity contribution >= 4 is 5.70 Å². The van der Waals surface area contributed by atoms with Gasteiger partial charge in [-0.05, 0) is 31.4 Å². The van der Waals surface area contributed by atoms with Crippen molar-refractivity contribution in [3.8, 4) is 11.5 Å². The first-order valence-electron chi connectivity index (χ1n) is 8.32. The molecule has 1 aliphatic carbocycles. The first-order valence-corrected chi connectivity index (χ1v) is 8.32. The predicted octanol–water partition coefficient (Wildman–Crippen LogP) is 3.50. The maximum absolute atomic E-state index is 14.3. The van der Waals surface area contributed by atoms with Crippen molar-refractivity contribution in [2.45, 2.75) is 44.8 Å². The van der Waals surface area contributed by atoms with Crippen LogP contribution in [-0.2, 0) is 4.74 Å². The molecule has 0 bridgehead atoms. The quantitative estimate of drug-likeness (QED) is 0.744. The number of nitrogens with one attached hydrogen (secondary N) is 1. The summed E-state index contributed by atoms with van der Waals surface area (Å²) < 4.78 is 30.8. The summed E-state index contributed by atoms with van der Waals surface area (Å²) in [5, 5.41) is 3.48. The Kier molecular flexibility index (Phi) is 5.06. The fourth-order valence-corrected chi connectivity index (χ4v) is 2.59. The third-order valence-electron chi connectivity index (χ3n) is 4.04. The van der Waals surface area contributed by atoms with E-state index in [1.54, 1.807) is 13.2 Å². The molecule has 1 unspecified atom stereocenters. The molecule has 5 heteroatoms. The number of benzene rings is 1. The molecule has 1 aromatic rings. The molecule has 1 aromatic carbocycles. The Balaban J connectivity index is 1.79. The Labute approximate surface area is 136 Å². The SMILES string of the molecule is CCC1C=C(NC2CC2)c2cc(F)c(OCCCOC)cc2O1. The molecule has 1 aliphatic heterocycles. The number of ether oxygens (including phenoxy) is 3. The molecule has 1 heterocycles. The smallest absolute Gasteiger partial charge is 0.166 e. The molecular formula is C18H24FNO3. The van der Waals surface area contributed by atoms with Gasteiger partial charge in [0.15, 0.2) is 11.6 Å². The van der Waals surface area contributed by atoms with Crippen molar-refractivity contribution < 1.29 is 18.6 Å². The molecular weight excluding hydrogens is 297 g/mol. The molecule has 4 nitrogen and oxygen atoms in total. The lowest BCUT2D eigenvalue weighted by Gasteiger charge is -2.26. The highest BCUT2D eigenvalue weighted by atomic mass is 19.1. The van der Waals surface area contributed by atoms with Gasteiger partial charge in [0.25, 0.3) is 0 Å². The van der Waals surface area contributed by atoms with Crippen LogP contribution in [-0.4, -0.2) is 32.5 Å². The normalized spacial score (nSPS) is 19.6. The van der Waals surface area contributed by atoms with Crippen LogP contribution < -0.4 is 14.8 Å². The Hall–Kier alpha value is -1.75. The van der Waals surface area contributed by atoms with Crippen molar-refractivity contribution in [1.29, 1.82) is 0 Å². The van der Waals surface area contributed by atoms with Crippen LogP contribution in [0.5, 0.6) is 11.5 Å². The molecule has 0 spiro atoms. The van der Waals surface area contributed by atoms with Gasteiger partial charge in [-0.25, -0.2) is 4.39 Å². The molecule has 1 atom stereocenters. The Morgan fingerprint density at radius 2 is 2.13 bits per heavy atom. The van der Waals surface area contributed by atoms with E-state index in [0.717, 1.165) is 24.1 Å². The molecule has 1 saturated carbocycles. The van der Waals surface area contributed by atoms with Crippen LogP contribution in [0.1, 0.15) is 38.2 Å². The van der Waals surface area contributed by atoms with Gasteiger partial charge in [0, 0.05) is 43.5 Å². The maximum Gasteiger partial charge on any atom is 0.166 e. The summed E-state index contributed by atoms with van der Waals surface area (Å²) >= 11 is 0. The molecule has 0 amide bonds. The topological polar surface area (TPSA) is 39.7 Å². The summed E-state index contributed by atoms with van der Waals surface area (Å²) in [6.07, 6.45) is 6.01. The van der Waals surface area contributed by atoms with Crippen molar-refractivity contribution in [2.24, 2.45) is 0 Å². The van der Waals surface area contributed by atoms with E-state index in [-0.39, 0.29) is 17.7 Å². The number of hydrogen-bond acceptors (Lipinski definition) is 4. The van der Waals surface area contributed by atoms with Gasteiger partial charge in [-0.2, -0.15) is 0 Å². The Morgan fingerprint density at radius 3 is 2.83 bits per heavy atom. The Morgan fingerprint density at radius 1 is 1.30 bits per heavy atom. The zero-order valence-corrected chi connectivity index (χ0v) is 13.7. The summed E-state index contributed by atoms with van der Waals surface area (Å²) in [4.78, 5) is 0. The third kappa shape index (κ3) is 3.96. The lowest BCUT2D eigenvalue weighted by Crippen LogP contribution is -2.24. The van der Waals surface area contributed by atoms with Crippen molar-refractivity contribution in [3.05, 3.63) is 29.6 Å². The van der Waals surface area contributed by atoms with E-state index in [0.29, 0.717) is 25.0 Å². The van der Waals surface area contributed by atoms with Crippen molar-refractivity contribution in [2.75, 3.05) is 20.3 Å². The highest BCUT2D eigenvalue weighted by Crippen LogP contribution is 2.37. The lowest BCUT2D eigenvalue weighted by atomic mass is 10.0. The van der Waals surface area contributed by atoms with Gasteiger partial charge in [-0.15, -0.1) is 0 Å². The summed E-state index contributed by atoms with van der Waals surface area (Å²) in [5.74, 6) is 0.566. The van der Waals surface area contributed by atoms with E-state index in [4.69, 9.17) is 14.2 Å². The first kappa shape index (κ1) is 16.1. The van der Waals surface area contributed by atoms with Crippen LogP contribution in [0.25, 0.3) is 5.70 Å². The van der Waals surface area contributed by atoms with Crippen LogP contribution in [0.4, 0.5) is 4.39 Å². The fourth-order valence-electron chi connectivity index (χ4n) is 2.59. The zero-order valence-electron chi connectivity index (χ0n) is 13.7. The highest BCUT2D eigenvalue weighted by molar-refractivity contribution is 5.72. The standard InChI is InChI=1S/C18H24FNO3/c1-3-13-9-16(20-12-5-6-12)14-10-15(19)18(11-17(14)23-13)22-8-4-7-21-2/h9-13,20H,3-8H2,1-2H3. The second-order valence-electron chi connectivity index (χ2n) is 6.04. The van der Waals surface area contributed by atoms with Crippen LogP contribution in [0.15, 0.2) is 18.2 Å². The largest absolute Gasteiger partial charge is 0.490 e. The van der Waals surface area contributed by atoms with E-state index < -0.39 is 0 Å². The number of rotatable bonds is 8. The molecule has 23 heavy (non-hydrogen) atoms. The van der Waals surface area contributed by atoms with Crippen molar-refractivity contribution in [1.82, 2.24) is 5.32 Å². The monoisotopic (exact) mass is 321 g/mol. The van der Waals surface area contributed by atoms with Gasteiger partial charge in [0.05, 0.1) is 6.61 Å². The van der Waals surface area contributed by atoms with E-state index in [1.165, 1.54) is 18.9 Å². The highest BCUT2D eigenvalue weighted by Gasteiger charge is 2.27. The molecule has 1 fully saturated rings. The average Bonchev–Trinajstić information content (AvgIpc) is 3.36. The van der Waals surface area contributed by atoms with Crippen LogP contribution in [0.3, 0.4) is 0 Å². The van der Waals surface area contributed by atoms with Gasteiger partial charge < -0.3 is 19.5 Å². The van der Waals surface area contributed by atoms with E-state index >= 15 is 0 Å². The van der Waals surface area contributed by atoms with Crippen LogP contribution >= 0.6 is 0 Å². The average molecular weight is 321 g/mol.